The van der Waals surface area contributed by atoms with E-state index in [2.05, 4.69) is 84.5 Å². The number of ether oxygens (including phenoxy) is 1. The van der Waals surface area contributed by atoms with E-state index in [4.69, 9.17) is 4.74 Å². The van der Waals surface area contributed by atoms with Gasteiger partial charge in [0.15, 0.2) is 0 Å². The molecule has 0 aliphatic rings. The van der Waals surface area contributed by atoms with E-state index in [-0.39, 0.29) is 0 Å². The van der Waals surface area contributed by atoms with Crippen molar-refractivity contribution in [2.75, 3.05) is 6.26 Å². The summed E-state index contributed by atoms with van der Waals surface area (Å²) in [6.07, 6.45) is 2.16. The summed E-state index contributed by atoms with van der Waals surface area (Å²) in [4.78, 5) is 1.31. The quantitative estimate of drug-likeness (QED) is 0.263. The van der Waals surface area contributed by atoms with E-state index in [1.54, 1.807) is 0 Å². The first-order chi connectivity index (χ1) is 15.2. The molecule has 0 unspecified atom stereocenters. The molecule has 0 atom stereocenters. The van der Waals surface area contributed by atoms with Crippen LogP contribution in [0.5, 0.6) is 5.75 Å². The Morgan fingerprint density at radius 3 is 2.42 bits per heavy atom. The highest BCUT2D eigenvalue weighted by Gasteiger charge is 2.16. The van der Waals surface area contributed by atoms with Crippen LogP contribution < -0.4 is 4.74 Å². The van der Waals surface area contributed by atoms with Gasteiger partial charge in [0.25, 0.3) is 0 Å². The standard InChI is InChI=1S/C28H25NOS/c1-20-15-16-26(31-2)28-27(20)24-13-6-7-14-25(24)29(28)18-22-11-8-12-23(17-22)30-19-21-9-4-3-5-10-21/h3-17H,18-19H2,1-2H3. The number of thioether (sulfide) groups is 1. The summed E-state index contributed by atoms with van der Waals surface area (Å²) in [6, 6.07) is 32.0. The van der Waals surface area contributed by atoms with Crippen molar-refractivity contribution in [1.29, 1.82) is 0 Å². The normalized spacial score (nSPS) is 11.3. The van der Waals surface area contributed by atoms with Crippen molar-refractivity contribution in [1.82, 2.24) is 4.57 Å². The van der Waals surface area contributed by atoms with Crippen LogP contribution in [0, 0.1) is 6.92 Å². The SMILES string of the molecule is CSc1ccc(C)c2c3ccccc3n(Cc3cccc(OCc4ccccc4)c3)c12. The van der Waals surface area contributed by atoms with Crippen LogP contribution in [0.25, 0.3) is 21.8 Å². The third-order valence-electron chi connectivity index (χ3n) is 5.79. The number of para-hydroxylation sites is 1. The Bertz CT molecular complexity index is 1350. The van der Waals surface area contributed by atoms with Gasteiger partial charge in [0.2, 0.25) is 0 Å². The van der Waals surface area contributed by atoms with Gasteiger partial charge < -0.3 is 9.30 Å². The fourth-order valence-corrected chi connectivity index (χ4v) is 4.92. The second kappa shape index (κ2) is 8.52. The van der Waals surface area contributed by atoms with E-state index in [0.29, 0.717) is 6.61 Å². The molecule has 0 saturated heterocycles. The zero-order valence-corrected chi connectivity index (χ0v) is 18.7. The molecule has 0 aliphatic heterocycles. The Morgan fingerprint density at radius 1 is 0.806 bits per heavy atom. The molecule has 5 aromatic rings. The van der Waals surface area contributed by atoms with Gasteiger partial charge in [-0.15, -0.1) is 11.8 Å². The topological polar surface area (TPSA) is 14.2 Å². The molecule has 0 radical (unpaired) electrons. The average molecular weight is 424 g/mol. The second-order valence-corrected chi connectivity index (χ2v) is 8.68. The Hall–Kier alpha value is -3.17. The molecule has 0 spiro atoms. The molecule has 0 saturated carbocycles. The van der Waals surface area contributed by atoms with E-state index in [1.807, 2.05) is 36.0 Å². The Kier molecular flexibility index (Phi) is 5.44. The molecule has 31 heavy (non-hydrogen) atoms. The largest absolute Gasteiger partial charge is 0.489 e. The van der Waals surface area contributed by atoms with Gasteiger partial charge in [-0.3, -0.25) is 0 Å². The molecule has 3 heteroatoms. The number of hydrogen-bond acceptors (Lipinski definition) is 2. The second-order valence-electron chi connectivity index (χ2n) is 7.83. The van der Waals surface area contributed by atoms with Gasteiger partial charge in [-0.05, 0) is 54.1 Å². The third-order valence-corrected chi connectivity index (χ3v) is 6.56. The Morgan fingerprint density at radius 2 is 1.58 bits per heavy atom. The number of rotatable bonds is 6. The lowest BCUT2D eigenvalue weighted by molar-refractivity contribution is 0.306. The van der Waals surface area contributed by atoms with E-state index < -0.39 is 0 Å². The van der Waals surface area contributed by atoms with Crippen LogP contribution in [0.1, 0.15) is 16.7 Å². The molecular weight excluding hydrogens is 398 g/mol. The van der Waals surface area contributed by atoms with E-state index in [1.165, 1.54) is 43.4 Å². The number of nitrogens with zero attached hydrogens (tertiary/aromatic N) is 1. The molecule has 0 amide bonds. The number of fused-ring (bicyclic) bond motifs is 3. The maximum absolute atomic E-state index is 6.08. The van der Waals surface area contributed by atoms with Crippen molar-refractivity contribution < 1.29 is 4.74 Å². The molecule has 0 N–H and O–H groups in total. The van der Waals surface area contributed by atoms with Crippen LogP contribution >= 0.6 is 11.8 Å². The van der Waals surface area contributed by atoms with Crippen molar-refractivity contribution in [3.63, 3.8) is 0 Å². The van der Waals surface area contributed by atoms with Gasteiger partial charge in [0.05, 0.1) is 5.52 Å². The highest BCUT2D eigenvalue weighted by molar-refractivity contribution is 7.98. The summed E-state index contributed by atoms with van der Waals surface area (Å²) in [5.74, 6) is 0.906. The van der Waals surface area contributed by atoms with Gasteiger partial charge in [-0.2, -0.15) is 0 Å². The van der Waals surface area contributed by atoms with Gasteiger partial charge in [0.1, 0.15) is 12.4 Å². The molecule has 1 heterocycles. The van der Waals surface area contributed by atoms with Crippen molar-refractivity contribution in [3.8, 4) is 5.75 Å². The number of benzene rings is 4. The van der Waals surface area contributed by atoms with Crippen LogP contribution in [0.15, 0.2) is 95.9 Å². The molecule has 4 aromatic carbocycles. The Labute approximate surface area is 187 Å². The Balaban J connectivity index is 1.54. The van der Waals surface area contributed by atoms with Crippen molar-refractivity contribution in [2.24, 2.45) is 0 Å². The fraction of sp³-hybridized carbons (Fsp3) is 0.143. The smallest absolute Gasteiger partial charge is 0.120 e. The predicted octanol–water partition coefficient (Wildman–Crippen LogP) is 7.45. The molecule has 1 aromatic heterocycles. The minimum absolute atomic E-state index is 0.579. The van der Waals surface area contributed by atoms with Crippen molar-refractivity contribution in [3.05, 3.63) is 108 Å². The minimum Gasteiger partial charge on any atom is -0.489 e. The van der Waals surface area contributed by atoms with E-state index in [0.717, 1.165) is 12.3 Å². The van der Waals surface area contributed by atoms with Crippen LogP contribution in [-0.2, 0) is 13.2 Å². The first kappa shape index (κ1) is 19.8. The zero-order valence-electron chi connectivity index (χ0n) is 17.8. The van der Waals surface area contributed by atoms with Gasteiger partial charge in [-0.25, -0.2) is 0 Å². The summed E-state index contributed by atoms with van der Waals surface area (Å²) < 4.78 is 8.54. The van der Waals surface area contributed by atoms with Gasteiger partial charge >= 0.3 is 0 Å². The summed E-state index contributed by atoms with van der Waals surface area (Å²) in [6.45, 7) is 3.60. The lowest BCUT2D eigenvalue weighted by atomic mass is 10.1. The number of aryl methyl sites for hydroxylation is 1. The first-order valence-electron chi connectivity index (χ1n) is 10.5. The van der Waals surface area contributed by atoms with Crippen LogP contribution in [-0.4, -0.2) is 10.8 Å². The molecule has 0 bridgehead atoms. The summed E-state index contributed by atoms with van der Waals surface area (Å²) >= 11 is 1.81. The van der Waals surface area contributed by atoms with Crippen molar-refractivity contribution >= 4 is 33.6 Å². The average Bonchev–Trinajstić information content (AvgIpc) is 3.14. The maximum Gasteiger partial charge on any atom is 0.120 e. The monoisotopic (exact) mass is 423 g/mol. The molecule has 0 fully saturated rings. The summed E-state index contributed by atoms with van der Waals surface area (Å²) in [5.41, 5.74) is 6.34. The molecule has 0 aliphatic carbocycles. The van der Waals surface area contributed by atoms with Gasteiger partial charge in [-0.1, -0.05) is 66.7 Å². The zero-order chi connectivity index (χ0) is 21.2. The maximum atomic E-state index is 6.08. The van der Waals surface area contributed by atoms with Crippen LogP contribution in [0.4, 0.5) is 0 Å². The highest BCUT2D eigenvalue weighted by Crippen LogP contribution is 2.37. The van der Waals surface area contributed by atoms with Gasteiger partial charge in [0, 0.05) is 27.7 Å². The first-order valence-corrected chi connectivity index (χ1v) is 11.8. The molecule has 154 valence electrons. The highest BCUT2D eigenvalue weighted by atomic mass is 32.2. The summed E-state index contributed by atoms with van der Waals surface area (Å²) in [5, 5.41) is 2.68. The predicted molar refractivity (Wildman–Crippen MR) is 132 cm³/mol. The van der Waals surface area contributed by atoms with E-state index in [9.17, 15) is 0 Å². The third kappa shape index (κ3) is 3.82. The van der Waals surface area contributed by atoms with Crippen LogP contribution in [0.3, 0.4) is 0 Å². The van der Waals surface area contributed by atoms with Crippen LogP contribution in [0.2, 0.25) is 0 Å². The fourth-order valence-electron chi connectivity index (χ4n) is 4.31. The summed E-state index contributed by atoms with van der Waals surface area (Å²) in [7, 11) is 0. The lowest BCUT2D eigenvalue weighted by Crippen LogP contribution is -2.01. The molecule has 5 rings (SSSR count). The number of aromatic nitrogens is 1. The number of hydrogen-bond donors (Lipinski definition) is 0. The lowest BCUT2D eigenvalue weighted by Gasteiger charge is -2.12. The molecule has 2 nitrogen and oxygen atoms in total. The van der Waals surface area contributed by atoms with E-state index >= 15 is 0 Å². The molecular formula is C28H25NOS. The van der Waals surface area contributed by atoms with Crippen molar-refractivity contribution in [2.45, 2.75) is 25.0 Å². The minimum atomic E-state index is 0.579.